The number of rotatable bonds is 11. The molecule has 0 spiro atoms. The SMILES string of the molecule is CCCCCCCCCC(C)COS(=O)(=O)[O-].[Na+]. The second-order valence-electron chi connectivity index (χ2n) is 4.71. The van der Waals surface area contributed by atoms with Gasteiger partial charge in [-0.2, -0.15) is 0 Å². The molecule has 0 aliphatic heterocycles. The third-order valence-corrected chi connectivity index (χ3v) is 3.22. The summed E-state index contributed by atoms with van der Waals surface area (Å²) >= 11 is 0. The van der Waals surface area contributed by atoms with Crippen molar-refractivity contribution in [1.82, 2.24) is 0 Å². The van der Waals surface area contributed by atoms with Gasteiger partial charge in [0.25, 0.3) is 0 Å². The van der Waals surface area contributed by atoms with Crippen molar-refractivity contribution in [2.24, 2.45) is 5.92 Å². The molecule has 4 nitrogen and oxygen atoms in total. The van der Waals surface area contributed by atoms with Crippen molar-refractivity contribution < 1.29 is 46.7 Å². The molecule has 0 fully saturated rings. The fourth-order valence-electron chi connectivity index (χ4n) is 1.73. The maximum absolute atomic E-state index is 10.2. The van der Waals surface area contributed by atoms with Gasteiger partial charge in [-0.05, 0) is 12.3 Å². The van der Waals surface area contributed by atoms with Gasteiger partial charge in [0.05, 0.1) is 6.61 Å². The molecule has 0 N–H and O–H groups in total. The smallest absolute Gasteiger partial charge is 0.726 e. The molecule has 0 saturated carbocycles. The van der Waals surface area contributed by atoms with E-state index in [-0.39, 0.29) is 42.1 Å². The van der Waals surface area contributed by atoms with Gasteiger partial charge in [-0.25, -0.2) is 8.42 Å². The van der Waals surface area contributed by atoms with Crippen LogP contribution in [0.3, 0.4) is 0 Å². The van der Waals surface area contributed by atoms with Crippen LogP contribution in [0.4, 0.5) is 0 Å². The average Bonchev–Trinajstić information content (AvgIpc) is 2.24. The van der Waals surface area contributed by atoms with Crippen molar-refractivity contribution in [3.63, 3.8) is 0 Å². The quantitative estimate of drug-likeness (QED) is 0.236. The molecule has 0 bridgehead atoms. The van der Waals surface area contributed by atoms with Crippen LogP contribution < -0.4 is 29.6 Å². The molecule has 0 amide bonds. The van der Waals surface area contributed by atoms with Crippen molar-refractivity contribution in [1.29, 1.82) is 0 Å². The molecule has 0 aromatic carbocycles. The van der Waals surface area contributed by atoms with Crippen molar-refractivity contribution in [3.05, 3.63) is 0 Å². The van der Waals surface area contributed by atoms with Gasteiger partial charge in [0.15, 0.2) is 0 Å². The summed E-state index contributed by atoms with van der Waals surface area (Å²) in [5, 5.41) is 0. The van der Waals surface area contributed by atoms with E-state index in [0.29, 0.717) is 0 Å². The second-order valence-corrected chi connectivity index (χ2v) is 5.76. The van der Waals surface area contributed by atoms with Crippen LogP contribution in [0.15, 0.2) is 0 Å². The predicted molar refractivity (Wildman–Crippen MR) is 67.4 cm³/mol. The number of hydrogen-bond acceptors (Lipinski definition) is 4. The zero-order chi connectivity index (χ0) is 13.1. The first-order valence-corrected chi connectivity index (χ1v) is 7.89. The van der Waals surface area contributed by atoms with E-state index in [1.807, 2.05) is 6.92 Å². The second kappa shape index (κ2) is 12.9. The summed E-state index contributed by atoms with van der Waals surface area (Å²) in [6.07, 6.45) is 9.59. The Morgan fingerprint density at radius 2 is 1.56 bits per heavy atom. The molecule has 18 heavy (non-hydrogen) atoms. The molecule has 0 aromatic heterocycles. The van der Waals surface area contributed by atoms with Crippen LogP contribution in [-0.4, -0.2) is 19.6 Å². The third kappa shape index (κ3) is 16.9. The Bertz CT molecular complexity index is 267. The summed E-state index contributed by atoms with van der Waals surface area (Å²) in [6, 6.07) is 0. The number of unbranched alkanes of at least 4 members (excludes halogenated alkanes) is 6. The van der Waals surface area contributed by atoms with E-state index in [0.717, 1.165) is 12.8 Å². The van der Waals surface area contributed by atoms with E-state index in [1.54, 1.807) is 0 Å². The van der Waals surface area contributed by atoms with E-state index in [2.05, 4.69) is 11.1 Å². The molecule has 0 radical (unpaired) electrons. The summed E-state index contributed by atoms with van der Waals surface area (Å²) in [5.74, 6) is 0.134. The first kappa shape index (κ1) is 21.2. The largest absolute Gasteiger partial charge is 1.00 e. The molecule has 0 aliphatic rings. The van der Waals surface area contributed by atoms with Crippen molar-refractivity contribution in [2.75, 3.05) is 6.61 Å². The molecule has 0 aliphatic carbocycles. The van der Waals surface area contributed by atoms with Gasteiger partial charge in [0.1, 0.15) is 0 Å². The third-order valence-electron chi connectivity index (χ3n) is 2.80. The monoisotopic (exact) mass is 288 g/mol. The first-order chi connectivity index (χ1) is 7.95. The molecule has 104 valence electrons. The summed E-state index contributed by atoms with van der Waals surface area (Å²) in [4.78, 5) is 0. The molecular weight excluding hydrogens is 263 g/mol. The molecule has 0 heterocycles. The van der Waals surface area contributed by atoms with Crippen LogP contribution in [-0.2, 0) is 14.6 Å². The molecule has 1 atom stereocenters. The minimum atomic E-state index is -4.51. The minimum Gasteiger partial charge on any atom is -0.726 e. The van der Waals surface area contributed by atoms with Crippen molar-refractivity contribution >= 4 is 10.4 Å². The maximum atomic E-state index is 10.2. The van der Waals surface area contributed by atoms with Crippen molar-refractivity contribution in [3.8, 4) is 0 Å². The summed E-state index contributed by atoms with van der Waals surface area (Å²) in [5.41, 5.74) is 0. The average molecular weight is 288 g/mol. The fourth-order valence-corrected chi connectivity index (χ4v) is 2.13. The van der Waals surface area contributed by atoms with Gasteiger partial charge < -0.3 is 4.55 Å². The summed E-state index contributed by atoms with van der Waals surface area (Å²) in [6.45, 7) is 4.12. The van der Waals surface area contributed by atoms with Crippen molar-refractivity contribution in [2.45, 2.75) is 65.2 Å². The normalized spacial score (nSPS) is 13.1. The molecule has 1 unspecified atom stereocenters. The van der Waals surface area contributed by atoms with E-state index < -0.39 is 10.4 Å². The van der Waals surface area contributed by atoms with Gasteiger partial charge in [-0.3, -0.25) is 4.18 Å². The van der Waals surface area contributed by atoms with E-state index in [1.165, 1.54) is 38.5 Å². The molecule has 0 aromatic rings. The Hall–Kier alpha value is 0.870. The first-order valence-electron chi connectivity index (χ1n) is 6.56. The van der Waals surface area contributed by atoms with E-state index in [9.17, 15) is 13.0 Å². The van der Waals surface area contributed by atoms with Crippen LogP contribution in [0.1, 0.15) is 65.2 Å². The zero-order valence-electron chi connectivity index (χ0n) is 12.0. The fraction of sp³-hybridized carbons (Fsp3) is 1.00. The van der Waals surface area contributed by atoms with Gasteiger partial charge >= 0.3 is 29.6 Å². The van der Waals surface area contributed by atoms with Crippen LogP contribution in [0.2, 0.25) is 0 Å². The summed E-state index contributed by atoms with van der Waals surface area (Å²) < 4.78 is 34.9. The van der Waals surface area contributed by atoms with Gasteiger partial charge in [0, 0.05) is 0 Å². The van der Waals surface area contributed by atoms with Gasteiger partial charge in [-0.15, -0.1) is 0 Å². The Labute approximate surface area is 134 Å². The molecular formula is C12H25NaO4S. The molecule has 0 saturated heterocycles. The van der Waals surface area contributed by atoms with Crippen LogP contribution in [0.5, 0.6) is 0 Å². The van der Waals surface area contributed by atoms with Gasteiger partial charge in [0.2, 0.25) is 10.4 Å². The Balaban J connectivity index is 0. The molecule has 0 rings (SSSR count). The van der Waals surface area contributed by atoms with E-state index >= 15 is 0 Å². The van der Waals surface area contributed by atoms with Crippen LogP contribution in [0, 0.1) is 5.92 Å². The number of hydrogen-bond donors (Lipinski definition) is 0. The minimum absolute atomic E-state index is 0. The summed E-state index contributed by atoms with van der Waals surface area (Å²) in [7, 11) is -4.51. The Morgan fingerprint density at radius 3 is 2.06 bits per heavy atom. The Morgan fingerprint density at radius 1 is 1.06 bits per heavy atom. The van der Waals surface area contributed by atoms with E-state index in [4.69, 9.17) is 0 Å². The standard InChI is InChI=1S/C12H26O4S.Na/c1-3-4-5-6-7-8-9-10-12(2)11-16-17(13,14)15;/h12H,3-11H2,1-2H3,(H,13,14,15);/q;+1/p-1. The van der Waals surface area contributed by atoms with Crippen LogP contribution >= 0.6 is 0 Å². The molecule has 6 heteroatoms. The van der Waals surface area contributed by atoms with Crippen LogP contribution in [0.25, 0.3) is 0 Å². The maximum Gasteiger partial charge on any atom is 1.00 e. The van der Waals surface area contributed by atoms with Gasteiger partial charge in [-0.1, -0.05) is 58.8 Å². The predicted octanol–water partition coefficient (Wildman–Crippen LogP) is 0.244. The zero-order valence-corrected chi connectivity index (χ0v) is 14.8. The topological polar surface area (TPSA) is 66.4 Å². The Kier molecular flexibility index (Phi) is 15.2.